The first-order valence-electron chi connectivity index (χ1n) is 4.83. The van der Waals surface area contributed by atoms with E-state index in [1.165, 1.54) is 0 Å². The van der Waals surface area contributed by atoms with Gasteiger partial charge in [0, 0.05) is 25.2 Å². The van der Waals surface area contributed by atoms with Crippen molar-refractivity contribution < 1.29 is 4.74 Å². The average Bonchev–Trinajstić information content (AvgIpc) is 2.15. The van der Waals surface area contributed by atoms with Gasteiger partial charge in [-0.3, -0.25) is 4.90 Å². The molecule has 1 rings (SSSR count). The van der Waals surface area contributed by atoms with Crippen molar-refractivity contribution in [2.24, 2.45) is 5.92 Å². The number of rotatable bonds is 3. The van der Waals surface area contributed by atoms with E-state index in [2.05, 4.69) is 18.7 Å². The van der Waals surface area contributed by atoms with Gasteiger partial charge in [0.25, 0.3) is 0 Å². The quantitative estimate of drug-likeness (QED) is 0.697. The summed E-state index contributed by atoms with van der Waals surface area (Å²) in [6.45, 7) is 8.23. The summed E-state index contributed by atoms with van der Waals surface area (Å²) >= 11 is 5.48. The van der Waals surface area contributed by atoms with Crippen LogP contribution in [-0.2, 0) is 4.74 Å². The Bertz CT molecular complexity index is 170. The Morgan fingerprint density at radius 3 is 3.00 bits per heavy atom. The number of hydrogen-bond donors (Lipinski definition) is 0. The zero-order valence-electron chi connectivity index (χ0n) is 8.37. The molecule has 1 unspecified atom stereocenters. The maximum Gasteiger partial charge on any atom is 0.0725 e. The lowest BCUT2D eigenvalue weighted by atomic mass is 10.1. The lowest BCUT2D eigenvalue weighted by Gasteiger charge is -2.34. The highest BCUT2D eigenvalue weighted by Crippen LogP contribution is 2.12. The van der Waals surface area contributed by atoms with Gasteiger partial charge in [-0.05, 0) is 5.92 Å². The van der Waals surface area contributed by atoms with Gasteiger partial charge in [0.05, 0.1) is 12.7 Å². The smallest absolute Gasteiger partial charge is 0.0725 e. The first kappa shape index (κ1) is 11.0. The Balaban J connectivity index is 2.33. The number of nitrogens with zero attached hydrogens (tertiary/aromatic N) is 1. The van der Waals surface area contributed by atoms with Crippen molar-refractivity contribution >= 4 is 11.6 Å². The second-order valence-electron chi connectivity index (χ2n) is 3.77. The summed E-state index contributed by atoms with van der Waals surface area (Å²) in [5.74, 6) is 0.600. The molecule has 0 radical (unpaired) electrons. The van der Waals surface area contributed by atoms with E-state index in [-0.39, 0.29) is 0 Å². The van der Waals surface area contributed by atoms with Gasteiger partial charge in [0.1, 0.15) is 0 Å². The molecule has 0 aromatic rings. The van der Waals surface area contributed by atoms with Crippen LogP contribution in [0.3, 0.4) is 0 Å². The van der Waals surface area contributed by atoms with E-state index in [4.69, 9.17) is 16.3 Å². The van der Waals surface area contributed by atoms with Crippen molar-refractivity contribution in [3.8, 4) is 0 Å². The van der Waals surface area contributed by atoms with E-state index >= 15 is 0 Å². The fourth-order valence-electron chi connectivity index (χ4n) is 1.49. The molecule has 0 N–H and O–H groups in total. The van der Waals surface area contributed by atoms with Crippen molar-refractivity contribution in [2.45, 2.75) is 20.0 Å². The van der Waals surface area contributed by atoms with E-state index in [1.807, 2.05) is 6.08 Å². The molecule has 2 nitrogen and oxygen atoms in total. The van der Waals surface area contributed by atoms with E-state index < -0.39 is 0 Å². The summed E-state index contributed by atoms with van der Waals surface area (Å²) in [5.41, 5.74) is 1.58. The van der Waals surface area contributed by atoms with Crippen LogP contribution in [-0.4, -0.2) is 37.2 Å². The summed E-state index contributed by atoms with van der Waals surface area (Å²) in [6, 6.07) is 0. The number of morpholine rings is 1. The predicted molar refractivity (Wildman–Crippen MR) is 56.0 cm³/mol. The van der Waals surface area contributed by atoms with E-state index in [1.54, 1.807) is 5.54 Å². The van der Waals surface area contributed by atoms with Gasteiger partial charge in [-0.15, -0.1) is 0 Å². The van der Waals surface area contributed by atoms with Crippen LogP contribution in [0.1, 0.15) is 13.8 Å². The Morgan fingerprint density at radius 2 is 2.38 bits per heavy atom. The summed E-state index contributed by atoms with van der Waals surface area (Å²) in [7, 11) is 0. The zero-order chi connectivity index (χ0) is 9.68. The summed E-state index contributed by atoms with van der Waals surface area (Å²) in [5, 5.41) is 0. The third kappa shape index (κ3) is 3.67. The number of halogens is 1. The lowest BCUT2D eigenvalue weighted by molar-refractivity contribution is -0.0469. The van der Waals surface area contributed by atoms with E-state index in [0.717, 1.165) is 26.2 Å². The van der Waals surface area contributed by atoms with Crippen molar-refractivity contribution in [1.82, 2.24) is 4.90 Å². The molecule has 13 heavy (non-hydrogen) atoms. The molecule has 1 aliphatic heterocycles. The van der Waals surface area contributed by atoms with E-state index in [9.17, 15) is 0 Å². The maximum absolute atomic E-state index is 5.65. The average molecular weight is 204 g/mol. The second-order valence-corrected chi connectivity index (χ2v) is 4.03. The fourth-order valence-corrected chi connectivity index (χ4v) is 1.57. The Morgan fingerprint density at radius 1 is 1.62 bits per heavy atom. The Kier molecular flexibility index (Phi) is 4.78. The van der Waals surface area contributed by atoms with Crippen molar-refractivity contribution in [3.63, 3.8) is 0 Å². The highest BCUT2D eigenvalue weighted by atomic mass is 35.5. The molecule has 1 aliphatic rings. The third-order valence-corrected chi connectivity index (χ3v) is 2.55. The van der Waals surface area contributed by atoms with Gasteiger partial charge in [-0.25, -0.2) is 0 Å². The molecular formula is C10H18ClNO. The highest BCUT2D eigenvalue weighted by Gasteiger charge is 2.21. The van der Waals surface area contributed by atoms with Crippen LogP contribution < -0.4 is 0 Å². The summed E-state index contributed by atoms with van der Waals surface area (Å²) < 4.78 is 5.65. The minimum atomic E-state index is 0.387. The maximum atomic E-state index is 5.65. The summed E-state index contributed by atoms with van der Waals surface area (Å²) in [4.78, 5) is 2.37. The minimum absolute atomic E-state index is 0.387. The van der Waals surface area contributed by atoms with Gasteiger partial charge < -0.3 is 4.74 Å². The lowest BCUT2D eigenvalue weighted by Crippen LogP contribution is -2.44. The molecule has 3 heteroatoms. The molecule has 1 heterocycles. The van der Waals surface area contributed by atoms with Gasteiger partial charge in [-0.1, -0.05) is 31.5 Å². The van der Waals surface area contributed by atoms with Crippen LogP contribution in [0.2, 0.25) is 0 Å². The van der Waals surface area contributed by atoms with Gasteiger partial charge in [-0.2, -0.15) is 0 Å². The Hall–Kier alpha value is -0.0500. The number of ether oxygens (including phenoxy) is 1. The molecule has 0 aromatic heterocycles. The second kappa shape index (κ2) is 5.63. The molecule has 0 bridgehead atoms. The molecule has 1 atom stereocenters. The van der Waals surface area contributed by atoms with Crippen LogP contribution in [0.5, 0.6) is 0 Å². The van der Waals surface area contributed by atoms with Gasteiger partial charge in [0.2, 0.25) is 0 Å². The molecular weight excluding hydrogens is 186 g/mol. The minimum Gasteiger partial charge on any atom is -0.375 e. The number of hydrogen-bond acceptors (Lipinski definition) is 2. The zero-order valence-corrected chi connectivity index (χ0v) is 9.13. The van der Waals surface area contributed by atoms with Crippen molar-refractivity contribution in [2.75, 3.05) is 26.2 Å². The molecule has 0 aliphatic carbocycles. The van der Waals surface area contributed by atoms with E-state index in [0.29, 0.717) is 12.0 Å². The summed E-state index contributed by atoms with van der Waals surface area (Å²) in [6.07, 6.45) is 2.36. The molecule has 1 saturated heterocycles. The van der Waals surface area contributed by atoms with Crippen LogP contribution in [0.4, 0.5) is 0 Å². The molecule has 0 spiro atoms. The van der Waals surface area contributed by atoms with Crippen LogP contribution in [0, 0.1) is 5.92 Å². The highest BCUT2D eigenvalue weighted by molar-refractivity contribution is 6.25. The largest absolute Gasteiger partial charge is 0.375 e. The SMILES string of the molecule is CC(C)C1CN(C/C=C/Cl)CCO1. The van der Waals surface area contributed by atoms with Crippen LogP contribution >= 0.6 is 11.6 Å². The normalized spacial score (nSPS) is 26.0. The molecule has 0 aromatic carbocycles. The van der Waals surface area contributed by atoms with Gasteiger partial charge in [0.15, 0.2) is 0 Å². The third-order valence-electron chi connectivity index (χ3n) is 2.37. The van der Waals surface area contributed by atoms with Crippen LogP contribution in [0.15, 0.2) is 11.6 Å². The molecule has 76 valence electrons. The van der Waals surface area contributed by atoms with Crippen molar-refractivity contribution in [3.05, 3.63) is 11.6 Å². The molecule has 1 fully saturated rings. The van der Waals surface area contributed by atoms with Crippen LogP contribution in [0.25, 0.3) is 0 Å². The van der Waals surface area contributed by atoms with Crippen molar-refractivity contribution in [1.29, 1.82) is 0 Å². The molecule has 0 saturated carbocycles. The predicted octanol–water partition coefficient (Wildman–Crippen LogP) is 2.10. The molecule has 0 amide bonds. The van der Waals surface area contributed by atoms with Gasteiger partial charge >= 0.3 is 0 Å². The topological polar surface area (TPSA) is 12.5 Å². The fraction of sp³-hybridized carbons (Fsp3) is 0.800. The first-order valence-corrected chi connectivity index (χ1v) is 5.27. The standard InChI is InChI=1S/C10H18ClNO/c1-9(2)10-8-12(5-3-4-11)6-7-13-10/h3-4,9-10H,5-8H2,1-2H3/b4-3+. The monoisotopic (exact) mass is 203 g/mol. The first-order chi connectivity index (χ1) is 6.24. The Labute approximate surface area is 85.5 Å².